The maximum Gasteiger partial charge on any atom is 0.266 e. The fourth-order valence-electron chi connectivity index (χ4n) is 3.24. The van der Waals surface area contributed by atoms with Crippen molar-refractivity contribution in [1.29, 1.82) is 0 Å². The van der Waals surface area contributed by atoms with Crippen LogP contribution < -0.4 is 10.9 Å². The molecule has 1 amide bonds. The lowest BCUT2D eigenvalue weighted by molar-refractivity contribution is -0.113. The van der Waals surface area contributed by atoms with Gasteiger partial charge in [-0.2, -0.15) is 0 Å². The number of thioether (sulfide) groups is 1. The second kappa shape index (κ2) is 8.51. The maximum absolute atomic E-state index is 13.3. The molecule has 1 N–H and O–H groups in total. The molecule has 0 bridgehead atoms. The summed E-state index contributed by atoms with van der Waals surface area (Å²) < 4.78 is 1.60. The lowest BCUT2D eigenvalue weighted by Crippen LogP contribution is -2.23. The van der Waals surface area contributed by atoms with Gasteiger partial charge in [0, 0.05) is 6.20 Å². The average Bonchev–Trinajstić information content (AvgIpc) is 2.74. The summed E-state index contributed by atoms with van der Waals surface area (Å²) in [7, 11) is 0. The van der Waals surface area contributed by atoms with Crippen molar-refractivity contribution in [1.82, 2.24) is 14.5 Å². The Morgan fingerprint density at radius 1 is 1.10 bits per heavy atom. The molecule has 0 unspecified atom stereocenters. The van der Waals surface area contributed by atoms with Crippen LogP contribution in [0.2, 0.25) is 0 Å². The van der Waals surface area contributed by atoms with E-state index in [1.807, 2.05) is 50.2 Å². The largest absolute Gasteiger partial charge is 0.324 e. The van der Waals surface area contributed by atoms with Crippen LogP contribution in [0.15, 0.2) is 76.9 Å². The number of benzene rings is 2. The second-order valence-corrected chi connectivity index (χ2v) is 7.86. The predicted octanol–water partition coefficient (Wildman–Crippen LogP) is 4.13. The fourth-order valence-corrected chi connectivity index (χ4v) is 4.05. The van der Waals surface area contributed by atoms with E-state index in [1.54, 1.807) is 35.2 Å². The topological polar surface area (TPSA) is 76.9 Å². The molecule has 0 spiro atoms. The molecule has 30 heavy (non-hydrogen) atoms. The van der Waals surface area contributed by atoms with E-state index in [1.165, 1.54) is 11.8 Å². The Morgan fingerprint density at radius 3 is 2.70 bits per heavy atom. The van der Waals surface area contributed by atoms with E-state index in [2.05, 4.69) is 15.3 Å². The molecular formula is C23H20N4O2S. The molecule has 0 radical (unpaired) electrons. The highest BCUT2D eigenvalue weighted by atomic mass is 32.2. The Hall–Kier alpha value is -3.45. The minimum Gasteiger partial charge on any atom is -0.324 e. The van der Waals surface area contributed by atoms with E-state index in [4.69, 9.17) is 0 Å². The van der Waals surface area contributed by atoms with Gasteiger partial charge >= 0.3 is 0 Å². The summed E-state index contributed by atoms with van der Waals surface area (Å²) in [5.41, 5.74) is 3.93. The number of fused-ring (bicyclic) bond motifs is 1. The van der Waals surface area contributed by atoms with Crippen molar-refractivity contribution in [2.45, 2.75) is 19.0 Å². The molecule has 2 aromatic carbocycles. The number of aryl methyl sites for hydroxylation is 2. The predicted molar refractivity (Wildman–Crippen MR) is 120 cm³/mol. The van der Waals surface area contributed by atoms with Crippen LogP contribution in [-0.4, -0.2) is 26.2 Å². The molecule has 0 saturated heterocycles. The molecule has 0 aliphatic rings. The summed E-state index contributed by atoms with van der Waals surface area (Å²) in [5, 5.41) is 3.83. The smallest absolute Gasteiger partial charge is 0.266 e. The first-order valence-electron chi connectivity index (χ1n) is 9.45. The van der Waals surface area contributed by atoms with E-state index in [-0.39, 0.29) is 17.2 Å². The highest BCUT2D eigenvalue weighted by Crippen LogP contribution is 2.24. The number of para-hydroxylation sites is 1. The number of anilines is 1. The number of nitrogens with one attached hydrogen (secondary N) is 1. The van der Waals surface area contributed by atoms with E-state index in [0.29, 0.717) is 21.7 Å². The van der Waals surface area contributed by atoms with Crippen molar-refractivity contribution in [3.8, 4) is 5.69 Å². The molecule has 150 valence electrons. The second-order valence-electron chi connectivity index (χ2n) is 6.92. The SMILES string of the molecule is Cc1ccc(-n2c(SCC(=O)Nc3cccnc3)nc3ccccc3c2=O)c(C)c1. The number of hydrogen-bond acceptors (Lipinski definition) is 5. The van der Waals surface area contributed by atoms with Crippen LogP contribution in [0.3, 0.4) is 0 Å². The summed E-state index contributed by atoms with van der Waals surface area (Å²) in [6.45, 7) is 3.98. The van der Waals surface area contributed by atoms with Gasteiger partial charge in [-0.05, 0) is 49.7 Å². The van der Waals surface area contributed by atoms with E-state index >= 15 is 0 Å². The number of amides is 1. The minimum absolute atomic E-state index is 0.116. The van der Waals surface area contributed by atoms with E-state index in [0.717, 1.165) is 16.8 Å². The quantitative estimate of drug-likeness (QED) is 0.391. The number of rotatable bonds is 5. The minimum atomic E-state index is -0.192. The van der Waals surface area contributed by atoms with Crippen LogP contribution in [0.4, 0.5) is 5.69 Å². The van der Waals surface area contributed by atoms with Gasteiger partial charge in [0.15, 0.2) is 5.16 Å². The molecule has 0 saturated carbocycles. The zero-order valence-electron chi connectivity index (χ0n) is 16.6. The molecule has 2 aromatic heterocycles. The van der Waals surface area contributed by atoms with Gasteiger partial charge < -0.3 is 5.32 Å². The van der Waals surface area contributed by atoms with Crippen LogP contribution in [0.25, 0.3) is 16.6 Å². The number of nitrogens with zero attached hydrogens (tertiary/aromatic N) is 3. The Labute approximate surface area is 178 Å². The van der Waals surface area contributed by atoms with Gasteiger partial charge in [-0.25, -0.2) is 4.98 Å². The van der Waals surface area contributed by atoms with Crippen LogP contribution >= 0.6 is 11.8 Å². The molecule has 6 nitrogen and oxygen atoms in total. The number of carbonyl (C=O) groups is 1. The number of aromatic nitrogens is 3. The van der Waals surface area contributed by atoms with Gasteiger partial charge in [-0.1, -0.05) is 41.6 Å². The molecule has 7 heteroatoms. The van der Waals surface area contributed by atoms with Crippen LogP contribution in [0.5, 0.6) is 0 Å². The Balaban J connectivity index is 1.72. The lowest BCUT2D eigenvalue weighted by atomic mass is 10.1. The lowest BCUT2D eigenvalue weighted by Gasteiger charge is -2.15. The molecule has 0 fully saturated rings. The Morgan fingerprint density at radius 2 is 1.93 bits per heavy atom. The van der Waals surface area contributed by atoms with Crippen LogP contribution in [-0.2, 0) is 4.79 Å². The van der Waals surface area contributed by atoms with Crippen molar-refractivity contribution in [3.05, 3.63) is 88.5 Å². The molecule has 0 aliphatic heterocycles. The van der Waals surface area contributed by atoms with Gasteiger partial charge in [0.25, 0.3) is 5.56 Å². The van der Waals surface area contributed by atoms with Gasteiger partial charge in [-0.15, -0.1) is 0 Å². The van der Waals surface area contributed by atoms with Crippen molar-refractivity contribution in [3.63, 3.8) is 0 Å². The fraction of sp³-hybridized carbons (Fsp3) is 0.130. The Kier molecular flexibility index (Phi) is 5.63. The highest BCUT2D eigenvalue weighted by Gasteiger charge is 2.16. The molecule has 4 rings (SSSR count). The third kappa shape index (κ3) is 4.11. The van der Waals surface area contributed by atoms with Gasteiger partial charge in [0.05, 0.1) is 34.2 Å². The van der Waals surface area contributed by atoms with Crippen LogP contribution in [0, 0.1) is 13.8 Å². The average molecular weight is 417 g/mol. The highest BCUT2D eigenvalue weighted by molar-refractivity contribution is 7.99. The van der Waals surface area contributed by atoms with Crippen LogP contribution in [0.1, 0.15) is 11.1 Å². The first-order valence-corrected chi connectivity index (χ1v) is 10.4. The number of pyridine rings is 1. The molecule has 2 heterocycles. The number of hydrogen-bond donors (Lipinski definition) is 1. The molecule has 4 aromatic rings. The van der Waals surface area contributed by atoms with Gasteiger partial charge in [0.1, 0.15) is 0 Å². The Bertz CT molecular complexity index is 1290. The normalized spacial score (nSPS) is 10.9. The monoisotopic (exact) mass is 416 g/mol. The first kappa shape index (κ1) is 19.8. The van der Waals surface area contributed by atoms with E-state index < -0.39 is 0 Å². The van der Waals surface area contributed by atoms with Crippen molar-refractivity contribution in [2.75, 3.05) is 11.1 Å². The summed E-state index contributed by atoms with van der Waals surface area (Å²) in [4.78, 5) is 34.4. The van der Waals surface area contributed by atoms with Crippen molar-refractivity contribution >= 4 is 34.3 Å². The standard InChI is InChI=1S/C23H20N4O2S/c1-15-9-10-20(16(2)12-15)27-22(29)18-7-3-4-8-19(18)26-23(27)30-14-21(28)25-17-6-5-11-24-13-17/h3-13H,14H2,1-2H3,(H,25,28). The zero-order chi connectivity index (χ0) is 21.1. The van der Waals surface area contributed by atoms with Crippen molar-refractivity contribution in [2.24, 2.45) is 0 Å². The maximum atomic E-state index is 13.3. The molecule has 0 atom stereocenters. The first-order chi connectivity index (χ1) is 14.5. The molecule has 0 aliphatic carbocycles. The molecular weight excluding hydrogens is 396 g/mol. The van der Waals surface area contributed by atoms with E-state index in [9.17, 15) is 9.59 Å². The third-order valence-corrected chi connectivity index (χ3v) is 5.55. The van der Waals surface area contributed by atoms with Crippen molar-refractivity contribution < 1.29 is 4.79 Å². The summed E-state index contributed by atoms with van der Waals surface area (Å²) >= 11 is 1.23. The third-order valence-electron chi connectivity index (χ3n) is 4.62. The van der Waals surface area contributed by atoms with Gasteiger partial charge in [0.2, 0.25) is 5.91 Å². The van der Waals surface area contributed by atoms with Gasteiger partial charge in [-0.3, -0.25) is 19.1 Å². The summed E-state index contributed by atoms with van der Waals surface area (Å²) in [6.07, 6.45) is 3.23. The zero-order valence-corrected chi connectivity index (χ0v) is 17.4. The summed E-state index contributed by atoms with van der Waals surface area (Å²) in [6, 6.07) is 16.7. The summed E-state index contributed by atoms with van der Waals surface area (Å²) in [5.74, 6) is -0.0764. The number of carbonyl (C=O) groups excluding carboxylic acids is 1.